The van der Waals surface area contributed by atoms with E-state index in [1.165, 1.54) is 24.3 Å². The lowest BCUT2D eigenvalue weighted by Crippen LogP contribution is -2.46. The zero-order valence-electron chi connectivity index (χ0n) is 11.5. The quantitative estimate of drug-likeness (QED) is 0.775. The molecule has 116 valence electrons. The van der Waals surface area contributed by atoms with Crippen LogP contribution in [0.4, 0.5) is 0 Å². The van der Waals surface area contributed by atoms with Crippen molar-refractivity contribution in [3.05, 3.63) is 24.3 Å². The highest BCUT2D eigenvalue weighted by Gasteiger charge is 2.23. The normalized spacial score (nSPS) is 17.3. The van der Waals surface area contributed by atoms with E-state index in [0.717, 1.165) is 0 Å². The van der Waals surface area contributed by atoms with Crippen LogP contribution >= 0.6 is 10.7 Å². The number of amides is 1. The molecule has 0 aliphatic carbocycles. The molecule has 0 bridgehead atoms. The first kappa shape index (κ1) is 16.1. The molecule has 0 saturated carbocycles. The Kier molecular flexibility index (Phi) is 5.08. The Balaban J connectivity index is 1.98. The van der Waals surface area contributed by atoms with Crippen molar-refractivity contribution in [3.63, 3.8) is 0 Å². The van der Waals surface area contributed by atoms with E-state index in [-0.39, 0.29) is 10.8 Å². The van der Waals surface area contributed by atoms with Gasteiger partial charge in [0.2, 0.25) is 0 Å². The van der Waals surface area contributed by atoms with Crippen LogP contribution in [0.1, 0.15) is 6.92 Å². The molecule has 1 heterocycles. The monoisotopic (exact) mass is 333 g/mol. The highest BCUT2D eigenvalue weighted by atomic mass is 35.7. The Labute approximate surface area is 128 Å². The number of morpholine rings is 1. The third-order valence-electron chi connectivity index (χ3n) is 3.09. The lowest BCUT2D eigenvalue weighted by atomic mass is 10.3. The number of halogens is 1. The van der Waals surface area contributed by atoms with Gasteiger partial charge in [-0.1, -0.05) is 0 Å². The minimum atomic E-state index is -3.75. The molecule has 1 amide bonds. The van der Waals surface area contributed by atoms with Crippen LogP contribution in [0.5, 0.6) is 5.75 Å². The summed E-state index contributed by atoms with van der Waals surface area (Å²) >= 11 is 0. The molecule has 1 atom stereocenters. The van der Waals surface area contributed by atoms with Crippen molar-refractivity contribution in [3.8, 4) is 5.75 Å². The van der Waals surface area contributed by atoms with Gasteiger partial charge in [0.15, 0.2) is 6.10 Å². The molecule has 1 aliphatic rings. The minimum Gasteiger partial charge on any atom is -0.481 e. The molecule has 1 fully saturated rings. The molecule has 8 heteroatoms. The van der Waals surface area contributed by atoms with E-state index in [1.807, 2.05) is 0 Å². The largest absolute Gasteiger partial charge is 0.481 e. The maximum absolute atomic E-state index is 12.2. The lowest BCUT2D eigenvalue weighted by Gasteiger charge is -2.29. The zero-order chi connectivity index (χ0) is 15.5. The van der Waals surface area contributed by atoms with Crippen molar-refractivity contribution in [2.24, 2.45) is 0 Å². The molecule has 2 rings (SSSR count). The van der Waals surface area contributed by atoms with Crippen molar-refractivity contribution in [2.75, 3.05) is 26.3 Å². The van der Waals surface area contributed by atoms with E-state index in [9.17, 15) is 13.2 Å². The number of ether oxygens (including phenoxy) is 2. The molecule has 0 radical (unpaired) electrons. The van der Waals surface area contributed by atoms with E-state index >= 15 is 0 Å². The van der Waals surface area contributed by atoms with Gasteiger partial charge in [0.25, 0.3) is 15.0 Å². The first-order chi connectivity index (χ1) is 9.88. The topological polar surface area (TPSA) is 72.9 Å². The lowest BCUT2D eigenvalue weighted by molar-refractivity contribution is -0.142. The molecule has 1 saturated heterocycles. The maximum atomic E-state index is 12.2. The molecule has 0 spiro atoms. The molecule has 1 unspecified atom stereocenters. The molecule has 0 aromatic heterocycles. The highest BCUT2D eigenvalue weighted by molar-refractivity contribution is 8.13. The highest BCUT2D eigenvalue weighted by Crippen LogP contribution is 2.20. The van der Waals surface area contributed by atoms with Crippen molar-refractivity contribution >= 4 is 25.6 Å². The third-order valence-corrected chi connectivity index (χ3v) is 4.46. The second kappa shape index (κ2) is 6.64. The van der Waals surface area contributed by atoms with Crippen molar-refractivity contribution in [2.45, 2.75) is 17.9 Å². The van der Waals surface area contributed by atoms with Gasteiger partial charge in [0.1, 0.15) is 5.75 Å². The molecule has 1 aliphatic heterocycles. The smallest absolute Gasteiger partial charge is 0.263 e. The maximum Gasteiger partial charge on any atom is 0.263 e. The number of carbonyl (C=O) groups excluding carboxylic acids is 1. The summed E-state index contributed by atoms with van der Waals surface area (Å²) in [7, 11) is 1.47. The van der Waals surface area contributed by atoms with E-state index in [4.69, 9.17) is 20.2 Å². The van der Waals surface area contributed by atoms with Crippen LogP contribution in [0, 0.1) is 0 Å². The first-order valence-corrected chi connectivity index (χ1v) is 8.77. The van der Waals surface area contributed by atoms with E-state index in [0.29, 0.717) is 32.1 Å². The fourth-order valence-electron chi connectivity index (χ4n) is 1.98. The number of hydrogen-bond donors (Lipinski definition) is 0. The summed E-state index contributed by atoms with van der Waals surface area (Å²) < 4.78 is 33.0. The summed E-state index contributed by atoms with van der Waals surface area (Å²) in [6.07, 6.45) is -0.651. The van der Waals surface area contributed by atoms with Crippen molar-refractivity contribution in [1.29, 1.82) is 0 Å². The Morgan fingerprint density at radius 3 is 2.38 bits per heavy atom. The van der Waals surface area contributed by atoms with E-state index < -0.39 is 15.2 Å². The van der Waals surface area contributed by atoms with E-state index in [2.05, 4.69) is 0 Å². The van der Waals surface area contributed by atoms with Gasteiger partial charge in [0, 0.05) is 23.8 Å². The van der Waals surface area contributed by atoms with Crippen LogP contribution in [0.3, 0.4) is 0 Å². The summed E-state index contributed by atoms with van der Waals surface area (Å²) in [5.41, 5.74) is 0. The summed E-state index contributed by atoms with van der Waals surface area (Å²) in [6.45, 7) is 3.82. The van der Waals surface area contributed by atoms with Gasteiger partial charge in [-0.25, -0.2) is 8.42 Å². The van der Waals surface area contributed by atoms with Gasteiger partial charge >= 0.3 is 0 Å². The number of carbonyl (C=O) groups is 1. The summed E-state index contributed by atoms with van der Waals surface area (Å²) in [5.74, 6) is 0.292. The van der Waals surface area contributed by atoms with Crippen LogP contribution in [0.2, 0.25) is 0 Å². The predicted octanol–water partition coefficient (Wildman–Crippen LogP) is 1.24. The molecule has 21 heavy (non-hydrogen) atoms. The molecule has 1 aromatic carbocycles. The van der Waals surface area contributed by atoms with Crippen molar-refractivity contribution < 1.29 is 22.7 Å². The molecular formula is C13H16ClNO5S. The van der Waals surface area contributed by atoms with Gasteiger partial charge in [-0.3, -0.25) is 4.79 Å². The van der Waals surface area contributed by atoms with Gasteiger partial charge in [0.05, 0.1) is 18.1 Å². The predicted molar refractivity (Wildman–Crippen MR) is 77.0 cm³/mol. The number of hydrogen-bond acceptors (Lipinski definition) is 5. The second-order valence-electron chi connectivity index (χ2n) is 4.61. The first-order valence-electron chi connectivity index (χ1n) is 6.46. The molecule has 6 nitrogen and oxygen atoms in total. The average molecular weight is 334 g/mol. The van der Waals surface area contributed by atoms with Crippen LogP contribution in [0.15, 0.2) is 29.2 Å². The van der Waals surface area contributed by atoms with Crippen molar-refractivity contribution in [1.82, 2.24) is 4.90 Å². The Morgan fingerprint density at radius 2 is 1.86 bits per heavy atom. The number of nitrogens with zero attached hydrogens (tertiary/aromatic N) is 1. The molecular weight excluding hydrogens is 318 g/mol. The fraction of sp³-hybridized carbons (Fsp3) is 0.462. The van der Waals surface area contributed by atoms with Gasteiger partial charge in [-0.2, -0.15) is 0 Å². The van der Waals surface area contributed by atoms with E-state index in [1.54, 1.807) is 11.8 Å². The van der Waals surface area contributed by atoms with Gasteiger partial charge in [-0.15, -0.1) is 0 Å². The summed E-state index contributed by atoms with van der Waals surface area (Å²) in [6, 6.07) is 5.61. The minimum absolute atomic E-state index is 0.0105. The van der Waals surface area contributed by atoms with Crippen LogP contribution in [-0.4, -0.2) is 51.6 Å². The summed E-state index contributed by atoms with van der Waals surface area (Å²) in [5, 5.41) is 0. The fourth-order valence-corrected chi connectivity index (χ4v) is 2.75. The Bertz CT molecular complexity index is 595. The molecule has 0 N–H and O–H groups in total. The molecule has 1 aromatic rings. The van der Waals surface area contributed by atoms with Crippen LogP contribution in [0.25, 0.3) is 0 Å². The number of benzene rings is 1. The third kappa shape index (κ3) is 4.33. The zero-order valence-corrected chi connectivity index (χ0v) is 13.1. The Morgan fingerprint density at radius 1 is 1.29 bits per heavy atom. The average Bonchev–Trinajstić information content (AvgIpc) is 2.47. The SMILES string of the molecule is CC(Oc1ccc(S(=O)(=O)Cl)cc1)C(=O)N1CCOCC1. The number of rotatable bonds is 4. The van der Waals surface area contributed by atoms with Gasteiger partial charge in [-0.05, 0) is 31.2 Å². The second-order valence-corrected chi connectivity index (χ2v) is 7.17. The summed E-state index contributed by atoms with van der Waals surface area (Å²) in [4.78, 5) is 13.8. The van der Waals surface area contributed by atoms with Crippen LogP contribution < -0.4 is 4.74 Å². The van der Waals surface area contributed by atoms with Crippen LogP contribution in [-0.2, 0) is 18.6 Å². The Hall–Kier alpha value is -1.31. The standard InChI is InChI=1S/C13H16ClNO5S/c1-10(13(16)15-6-8-19-9-7-15)20-11-2-4-12(5-3-11)21(14,17)18/h2-5,10H,6-9H2,1H3. The van der Waals surface area contributed by atoms with Gasteiger partial charge < -0.3 is 14.4 Å².